The number of carbonyl (C=O) groups excluding carboxylic acids is 1. The minimum Gasteiger partial charge on any atom is -0.481 e. The normalized spacial score (nSPS) is 21.2. The summed E-state index contributed by atoms with van der Waals surface area (Å²) in [7, 11) is 1.49. The van der Waals surface area contributed by atoms with Crippen LogP contribution in [0.1, 0.15) is 24.8 Å². The molecule has 0 radical (unpaired) electrons. The lowest BCUT2D eigenvalue weighted by Crippen LogP contribution is -2.52. The van der Waals surface area contributed by atoms with Crippen LogP contribution >= 0.6 is 11.6 Å². The number of carboxylic acid groups (broad SMARTS) is 1. The molecule has 1 aromatic carbocycles. The molecular formula is C17H22ClNO4. The third-order valence-corrected chi connectivity index (χ3v) is 4.60. The van der Waals surface area contributed by atoms with Gasteiger partial charge in [0.15, 0.2) is 0 Å². The Morgan fingerprint density at radius 1 is 1.35 bits per heavy atom. The largest absolute Gasteiger partial charge is 0.481 e. The number of piperidine rings is 1. The van der Waals surface area contributed by atoms with E-state index in [1.54, 1.807) is 17.0 Å². The summed E-state index contributed by atoms with van der Waals surface area (Å²) in [5, 5.41) is 10.2. The number of hydrogen-bond acceptors (Lipinski definition) is 3. The molecule has 1 unspecified atom stereocenters. The van der Waals surface area contributed by atoms with Gasteiger partial charge in [0.25, 0.3) is 0 Å². The molecule has 0 aromatic heterocycles. The number of nitrogens with zero attached hydrogens (tertiary/aromatic N) is 1. The molecule has 0 saturated carbocycles. The molecule has 1 atom stereocenters. The van der Waals surface area contributed by atoms with Gasteiger partial charge >= 0.3 is 5.97 Å². The van der Waals surface area contributed by atoms with E-state index < -0.39 is 11.4 Å². The first kappa shape index (κ1) is 17.8. The van der Waals surface area contributed by atoms with E-state index in [1.807, 2.05) is 12.1 Å². The first-order chi connectivity index (χ1) is 11.0. The number of hydrogen-bond donors (Lipinski definition) is 1. The topological polar surface area (TPSA) is 66.8 Å². The molecule has 1 heterocycles. The number of ether oxygens (including phenoxy) is 1. The van der Waals surface area contributed by atoms with Crippen LogP contribution in [0.3, 0.4) is 0 Å². The fraction of sp³-hybridized carbons (Fsp3) is 0.529. The van der Waals surface area contributed by atoms with Gasteiger partial charge in [-0.2, -0.15) is 0 Å². The fourth-order valence-electron chi connectivity index (χ4n) is 3.04. The maximum atomic E-state index is 12.4. The maximum Gasteiger partial charge on any atom is 0.313 e. The summed E-state index contributed by atoms with van der Waals surface area (Å²) < 4.78 is 5.08. The highest BCUT2D eigenvalue weighted by Gasteiger charge is 2.43. The van der Waals surface area contributed by atoms with E-state index in [0.717, 1.165) is 5.56 Å². The van der Waals surface area contributed by atoms with Gasteiger partial charge in [-0.15, -0.1) is 0 Å². The first-order valence-electron chi connectivity index (χ1n) is 7.71. The van der Waals surface area contributed by atoms with E-state index in [0.29, 0.717) is 37.3 Å². The molecule has 2 rings (SSSR count). The number of aliphatic carboxylic acids is 1. The number of amides is 1. The van der Waals surface area contributed by atoms with Crippen LogP contribution in [-0.2, 0) is 20.7 Å². The quantitative estimate of drug-likeness (QED) is 0.865. The number of carbonyl (C=O) groups is 2. The summed E-state index contributed by atoms with van der Waals surface area (Å²) in [4.78, 5) is 25.7. The standard InChI is InChI=1S/C17H22ClNO4/c1-23-12-17(16(21)22)9-2-10-19(11-17)15(20)8-5-13-3-6-14(18)7-4-13/h3-4,6-7H,2,5,8-12H2,1H3,(H,21,22). The van der Waals surface area contributed by atoms with Gasteiger partial charge in [-0.05, 0) is 37.0 Å². The Labute approximate surface area is 141 Å². The van der Waals surface area contributed by atoms with Crippen LogP contribution in [0.15, 0.2) is 24.3 Å². The second-order valence-electron chi connectivity index (χ2n) is 6.06. The lowest BCUT2D eigenvalue weighted by atomic mass is 9.80. The highest BCUT2D eigenvalue weighted by Crippen LogP contribution is 2.31. The second-order valence-corrected chi connectivity index (χ2v) is 6.50. The van der Waals surface area contributed by atoms with Crippen molar-refractivity contribution in [3.05, 3.63) is 34.9 Å². The molecule has 5 nitrogen and oxygen atoms in total. The van der Waals surface area contributed by atoms with Crippen LogP contribution in [0, 0.1) is 5.41 Å². The van der Waals surface area contributed by atoms with Crippen molar-refractivity contribution in [2.24, 2.45) is 5.41 Å². The van der Waals surface area contributed by atoms with Crippen molar-refractivity contribution in [3.8, 4) is 0 Å². The molecule has 0 spiro atoms. The van der Waals surface area contributed by atoms with Gasteiger partial charge in [0.2, 0.25) is 5.91 Å². The molecule has 1 fully saturated rings. The number of methoxy groups -OCH3 is 1. The zero-order valence-corrected chi connectivity index (χ0v) is 14.0. The molecule has 1 N–H and O–H groups in total. The average Bonchev–Trinajstić information content (AvgIpc) is 2.54. The van der Waals surface area contributed by atoms with Gasteiger partial charge in [0.05, 0.1) is 6.61 Å². The highest BCUT2D eigenvalue weighted by atomic mass is 35.5. The number of halogens is 1. The average molecular weight is 340 g/mol. The molecule has 1 aliphatic heterocycles. The summed E-state index contributed by atoms with van der Waals surface area (Å²) >= 11 is 5.84. The molecule has 1 saturated heterocycles. The lowest BCUT2D eigenvalue weighted by molar-refractivity contribution is -0.159. The third kappa shape index (κ3) is 4.45. The molecule has 126 valence electrons. The number of benzene rings is 1. The molecule has 0 bridgehead atoms. The van der Waals surface area contributed by atoms with Crippen molar-refractivity contribution >= 4 is 23.5 Å². The Morgan fingerprint density at radius 2 is 2.04 bits per heavy atom. The Hall–Kier alpha value is -1.59. The zero-order valence-electron chi connectivity index (χ0n) is 13.3. The van der Waals surface area contributed by atoms with E-state index >= 15 is 0 Å². The van der Waals surface area contributed by atoms with E-state index in [4.69, 9.17) is 16.3 Å². The van der Waals surface area contributed by atoms with Crippen molar-refractivity contribution in [1.29, 1.82) is 0 Å². The monoisotopic (exact) mass is 339 g/mol. The summed E-state index contributed by atoms with van der Waals surface area (Å²) in [5.74, 6) is -0.907. The van der Waals surface area contributed by atoms with E-state index in [2.05, 4.69) is 0 Å². The van der Waals surface area contributed by atoms with Gasteiger partial charge in [0.1, 0.15) is 5.41 Å². The Balaban J connectivity index is 1.96. The predicted molar refractivity (Wildman–Crippen MR) is 87.5 cm³/mol. The Kier molecular flexibility index (Phi) is 6.02. The SMILES string of the molecule is COCC1(C(=O)O)CCCN(C(=O)CCc2ccc(Cl)cc2)C1. The minimum atomic E-state index is -0.983. The van der Waals surface area contributed by atoms with E-state index in [-0.39, 0.29) is 19.1 Å². The third-order valence-electron chi connectivity index (χ3n) is 4.34. The smallest absolute Gasteiger partial charge is 0.313 e. The highest BCUT2D eigenvalue weighted by molar-refractivity contribution is 6.30. The molecular weight excluding hydrogens is 318 g/mol. The molecule has 1 aromatic rings. The molecule has 0 aliphatic carbocycles. The van der Waals surface area contributed by atoms with Gasteiger partial charge in [-0.1, -0.05) is 23.7 Å². The molecule has 6 heteroatoms. The summed E-state index contributed by atoms with van der Waals surface area (Å²) in [6.07, 6.45) is 2.21. The van der Waals surface area contributed by atoms with Gasteiger partial charge in [0, 0.05) is 31.6 Å². The van der Waals surface area contributed by atoms with Crippen molar-refractivity contribution in [2.45, 2.75) is 25.7 Å². The lowest BCUT2D eigenvalue weighted by Gasteiger charge is -2.39. The van der Waals surface area contributed by atoms with Crippen molar-refractivity contribution in [3.63, 3.8) is 0 Å². The minimum absolute atomic E-state index is 0.0126. The number of aryl methyl sites for hydroxylation is 1. The Morgan fingerprint density at radius 3 is 2.65 bits per heavy atom. The van der Waals surface area contributed by atoms with Crippen molar-refractivity contribution < 1.29 is 19.4 Å². The molecule has 1 amide bonds. The fourth-order valence-corrected chi connectivity index (χ4v) is 3.16. The van der Waals surface area contributed by atoms with Crippen LogP contribution < -0.4 is 0 Å². The summed E-state index contributed by atoms with van der Waals surface area (Å²) in [5.41, 5.74) is 0.0595. The number of likely N-dealkylation sites (tertiary alicyclic amines) is 1. The van der Waals surface area contributed by atoms with Gasteiger partial charge in [-0.25, -0.2) is 0 Å². The van der Waals surface area contributed by atoms with Crippen LogP contribution in [0.4, 0.5) is 0 Å². The van der Waals surface area contributed by atoms with Crippen LogP contribution in [-0.4, -0.2) is 48.7 Å². The van der Waals surface area contributed by atoms with Crippen LogP contribution in [0.25, 0.3) is 0 Å². The summed E-state index contributed by atoms with van der Waals surface area (Å²) in [6.45, 7) is 0.955. The second kappa shape index (κ2) is 7.79. The maximum absolute atomic E-state index is 12.4. The van der Waals surface area contributed by atoms with Crippen LogP contribution in [0.5, 0.6) is 0 Å². The van der Waals surface area contributed by atoms with Gasteiger partial charge in [-0.3, -0.25) is 9.59 Å². The van der Waals surface area contributed by atoms with Crippen LogP contribution in [0.2, 0.25) is 5.02 Å². The first-order valence-corrected chi connectivity index (χ1v) is 8.09. The molecule has 23 heavy (non-hydrogen) atoms. The molecule has 1 aliphatic rings. The van der Waals surface area contributed by atoms with E-state index in [9.17, 15) is 14.7 Å². The zero-order chi connectivity index (χ0) is 16.9. The predicted octanol–water partition coefficient (Wildman–Crippen LogP) is 2.61. The van der Waals surface area contributed by atoms with Crippen molar-refractivity contribution in [1.82, 2.24) is 4.90 Å². The number of carboxylic acids is 1. The summed E-state index contributed by atoms with van der Waals surface area (Å²) in [6, 6.07) is 7.41. The Bertz CT molecular complexity index is 556. The number of rotatable bonds is 6. The van der Waals surface area contributed by atoms with E-state index in [1.165, 1.54) is 7.11 Å². The van der Waals surface area contributed by atoms with Gasteiger partial charge < -0.3 is 14.7 Å². The van der Waals surface area contributed by atoms with Crippen molar-refractivity contribution in [2.75, 3.05) is 26.8 Å².